The third kappa shape index (κ3) is 6.79. The Morgan fingerprint density at radius 2 is 1.53 bits per heavy atom. The minimum Gasteiger partial charge on any atom is -0.494 e. The predicted octanol–water partition coefficient (Wildman–Crippen LogP) is 5.26. The van der Waals surface area contributed by atoms with Crippen molar-refractivity contribution in [2.45, 2.75) is 24.7 Å². The van der Waals surface area contributed by atoms with Crippen LogP contribution in [0, 0.1) is 0 Å². The fraction of sp³-hybridized carbons (Fsp3) is 0.154. The molecule has 176 valence electrons. The summed E-state index contributed by atoms with van der Waals surface area (Å²) < 4.78 is 33.2. The molecule has 0 bridgehead atoms. The van der Waals surface area contributed by atoms with Gasteiger partial charge in [0.25, 0.3) is 10.0 Å². The van der Waals surface area contributed by atoms with Crippen molar-refractivity contribution >= 4 is 33.5 Å². The van der Waals surface area contributed by atoms with Crippen LogP contribution in [0.25, 0.3) is 6.08 Å². The normalized spacial score (nSPS) is 11.3. The average Bonchev–Trinajstić information content (AvgIpc) is 2.83. The van der Waals surface area contributed by atoms with E-state index in [0.29, 0.717) is 12.2 Å². The molecular formula is C26H25NO6S. The number of ether oxygens (including phenoxy) is 1. The van der Waals surface area contributed by atoms with Crippen LogP contribution in [-0.4, -0.2) is 31.9 Å². The zero-order valence-electron chi connectivity index (χ0n) is 18.6. The summed E-state index contributed by atoms with van der Waals surface area (Å²) in [5.41, 5.74) is 1.47. The molecule has 0 spiro atoms. The number of ketones is 1. The SMILES string of the molecule is CCCCOc1ccc(C=CC(=O)c2ccc(S(=O)(=O)Nc3ccc(C(=O)O)cc3)cc2)cc1. The molecule has 0 amide bonds. The molecule has 8 heteroatoms. The topological polar surface area (TPSA) is 110 Å². The molecule has 0 fully saturated rings. The van der Waals surface area contributed by atoms with E-state index < -0.39 is 16.0 Å². The molecule has 0 aliphatic rings. The highest BCUT2D eigenvalue weighted by atomic mass is 32.2. The minimum atomic E-state index is -3.90. The number of sulfonamides is 1. The van der Waals surface area contributed by atoms with Crippen molar-refractivity contribution in [2.75, 3.05) is 11.3 Å². The molecular weight excluding hydrogens is 454 g/mol. The van der Waals surface area contributed by atoms with Gasteiger partial charge in [-0.2, -0.15) is 0 Å². The number of anilines is 1. The van der Waals surface area contributed by atoms with Crippen molar-refractivity contribution < 1.29 is 27.9 Å². The summed E-state index contributed by atoms with van der Waals surface area (Å²) in [7, 11) is -3.90. The number of carbonyl (C=O) groups excluding carboxylic acids is 1. The molecule has 0 atom stereocenters. The van der Waals surface area contributed by atoms with Crippen molar-refractivity contribution in [3.05, 3.63) is 95.6 Å². The van der Waals surface area contributed by atoms with Crippen LogP contribution in [0.3, 0.4) is 0 Å². The number of carboxylic acids is 1. The number of carboxylic acid groups (broad SMARTS) is 1. The summed E-state index contributed by atoms with van der Waals surface area (Å²) in [5.74, 6) is -0.582. The van der Waals surface area contributed by atoms with Crippen LogP contribution in [0.15, 0.2) is 83.8 Å². The van der Waals surface area contributed by atoms with Crippen LogP contribution in [0.5, 0.6) is 5.75 Å². The first-order valence-electron chi connectivity index (χ1n) is 10.7. The van der Waals surface area contributed by atoms with Gasteiger partial charge in [-0.25, -0.2) is 13.2 Å². The number of aromatic carboxylic acids is 1. The number of hydrogen-bond donors (Lipinski definition) is 2. The lowest BCUT2D eigenvalue weighted by Crippen LogP contribution is -2.13. The molecule has 0 aliphatic heterocycles. The van der Waals surface area contributed by atoms with Gasteiger partial charge in [-0.15, -0.1) is 0 Å². The lowest BCUT2D eigenvalue weighted by Gasteiger charge is -2.09. The molecule has 0 saturated heterocycles. The molecule has 0 aromatic heterocycles. The Balaban J connectivity index is 1.62. The maximum Gasteiger partial charge on any atom is 0.335 e. The van der Waals surface area contributed by atoms with Crippen molar-refractivity contribution in [3.8, 4) is 5.75 Å². The maximum atomic E-state index is 12.6. The Labute approximate surface area is 198 Å². The van der Waals surface area contributed by atoms with Gasteiger partial charge in [0.05, 0.1) is 17.1 Å². The Bertz CT molecular complexity index is 1260. The Kier molecular flexibility index (Phi) is 8.21. The van der Waals surface area contributed by atoms with Gasteiger partial charge in [-0.3, -0.25) is 9.52 Å². The van der Waals surface area contributed by atoms with E-state index in [1.54, 1.807) is 6.08 Å². The third-order valence-electron chi connectivity index (χ3n) is 4.91. The van der Waals surface area contributed by atoms with Gasteiger partial charge in [-0.05, 0) is 78.7 Å². The first kappa shape index (κ1) is 24.7. The number of unbranched alkanes of at least 4 members (excludes halogenated alkanes) is 1. The van der Waals surface area contributed by atoms with Crippen molar-refractivity contribution in [2.24, 2.45) is 0 Å². The van der Waals surface area contributed by atoms with Gasteiger partial charge in [0.2, 0.25) is 0 Å². The minimum absolute atomic E-state index is 0.0194. The fourth-order valence-electron chi connectivity index (χ4n) is 2.97. The van der Waals surface area contributed by atoms with Crippen LogP contribution >= 0.6 is 0 Å². The van der Waals surface area contributed by atoms with Crippen LogP contribution in [0.2, 0.25) is 0 Å². The van der Waals surface area contributed by atoms with Crippen molar-refractivity contribution in [1.29, 1.82) is 0 Å². The predicted molar refractivity (Wildman–Crippen MR) is 131 cm³/mol. The van der Waals surface area contributed by atoms with E-state index in [-0.39, 0.29) is 21.9 Å². The van der Waals surface area contributed by atoms with Gasteiger partial charge >= 0.3 is 5.97 Å². The van der Waals surface area contributed by atoms with E-state index >= 15 is 0 Å². The van der Waals surface area contributed by atoms with Gasteiger partial charge in [0, 0.05) is 11.3 Å². The van der Waals surface area contributed by atoms with E-state index in [2.05, 4.69) is 11.6 Å². The highest BCUT2D eigenvalue weighted by Gasteiger charge is 2.15. The number of carbonyl (C=O) groups is 2. The highest BCUT2D eigenvalue weighted by Crippen LogP contribution is 2.18. The quantitative estimate of drug-likeness (QED) is 0.221. The summed E-state index contributed by atoms with van der Waals surface area (Å²) in [6.07, 6.45) is 5.17. The molecule has 2 N–H and O–H groups in total. The van der Waals surface area contributed by atoms with E-state index in [4.69, 9.17) is 9.84 Å². The van der Waals surface area contributed by atoms with Gasteiger partial charge < -0.3 is 9.84 Å². The monoisotopic (exact) mass is 479 g/mol. The maximum absolute atomic E-state index is 12.6. The van der Waals surface area contributed by atoms with Crippen LogP contribution < -0.4 is 9.46 Å². The summed E-state index contributed by atoms with van der Waals surface area (Å²) in [4.78, 5) is 23.4. The zero-order valence-corrected chi connectivity index (χ0v) is 19.4. The number of allylic oxidation sites excluding steroid dienone is 1. The van der Waals surface area contributed by atoms with Crippen molar-refractivity contribution in [3.63, 3.8) is 0 Å². The largest absolute Gasteiger partial charge is 0.494 e. The second-order valence-corrected chi connectivity index (χ2v) is 9.16. The molecule has 0 heterocycles. The smallest absolute Gasteiger partial charge is 0.335 e. The molecule has 3 aromatic carbocycles. The Morgan fingerprint density at radius 1 is 0.912 bits per heavy atom. The first-order chi connectivity index (χ1) is 16.3. The molecule has 7 nitrogen and oxygen atoms in total. The van der Waals surface area contributed by atoms with E-state index in [1.807, 2.05) is 24.3 Å². The molecule has 0 aliphatic carbocycles. The van der Waals surface area contributed by atoms with Crippen molar-refractivity contribution in [1.82, 2.24) is 0 Å². The van der Waals surface area contributed by atoms with E-state index in [1.165, 1.54) is 54.6 Å². The fourth-order valence-corrected chi connectivity index (χ4v) is 4.03. The summed E-state index contributed by atoms with van der Waals surface area (Å²) in [5, 5.41) is 8.93. The number of rotatable bonds is 11. The summed E-state index contributed by atoms with van der Waals surface area (Å²) in [6.45, 7) is 2.77. The first-order valence-corrected chi connectivity index (χ1v) is 12.2. The van der Waals surface area contributed by atoms with E-state index in [9.17, 15) is 18.0 Å². The Hall–Kier alpha value is -3.91. The van der Waals surface area contributed by atoms with Crippen LogP contribution in [0.1, 0.15) is 46.0 Å². The standard InChI is InChI=1S/C26H25NO6S/c1-2-3-18-33-23-13-4-19(5-14-23)6-17-25(28)20-9-15-24(16-10-20)34(31,32)27-22-11-7-21(8-12-22)26(29)30/h4-17,27H,2-3,18H2,1H3,(H,29,30). The Morgan fingerprint density at radius 3 is 2.12 bits per heavy atom. The lowest BCUT2D eigenvalue weighted by atomic mass is 10.1. The second kappa shape index (κ2) is 11.3. The van der Waals surface area contributed by atoms with Crippen LogP contribution in [0.4, 0.5) is 5.69 Å². The number of hydrogen-bond acceptors (Lipinski definition) is 5. The van der Waals surface area contributed by atoms with Gasteiger partial charge in [0.1, 0.15) is 5.75 Å². The van der Waals surface area contributed by atoms with Gasteiger partial charge in [0.15, 0.2) is 5.78 Å². The molecule has 0 saturated carbocycles. The molecule has 0 unspecified atom stereocenters. The lowest BCUT2D eigenvalue weighted by molar-refractivity contribution is 0.0696. The summed E-state index contributed by atoms with van der Waals surface area (Å²) >= 11 is 0. The molecule has 3 aromatic rings. The number of benzene rings is 3. The summed E-state index contributed by atoms with van der Waals surface area (Å²) in [6, 6.07) is 18.3. The van der Waals surface area contributed by atoms with Gasteiger partial charge in [-0.1, -0.05) is 31.6 Å². The second-order valence-electron chi connectivity index (χ2n) is 7.48. The molecule has 0 radical (unpaired) electrons. The van der Waals surface area contributed by atoms with Crippen LogP contribution in [-0.2, 0) is 10.0 Å². The molecule has 34 heavy (non-hydrogen) atoms. The average molecular weight is 480 g/mol. The zero-order chi connectivity index (χ0) is 24.6. The third-order valence-corrected chi connectivity index (χ3v) is 6.30. The highest BCUT2D eigenvalue weighted by molar-refractivity contribution is 7.92. The molecule has 3 rings (SSSR count). The number of nitrogens with one attached hydrogen (secondary N) is 1. The van der Waals surface area contributed by atoms with E-state index in [0.717, 1.165) is 24.2 Å².